The van der Waals surface area contributed by atoms with E-state index in [0.717, 1.165) is 47.8 Å². The molecule has 1 fully saturated rings. The summed E-state index contributed by atoms with van der Waals surface area (Å²) in [6, 6.07) is 4.31. The third-order valence-electron chi connectivity index (χ3n) is 4.72. The maximum absolute atomic E-state index is 13.1. The Hall–Kier alpha value is -2.04. The van der Waals surface area contributed by atoms with Crippen LogP contribution in [0.1, 0.15) is 72.0 Å². The molecule has 1 aliphatic rings. The van der Waals surface area contributed by atoms with Gasteiger partial charge in [-0.2, -0.15) is 0 Å². The number of hydrogen-bond donors (Lipinski definition) is 0. The number of carbonyl (C=O) groups excluding carboxylic acids is 1. The van der Waals surface area contributed by atoms with E-state index >= 15 is 0 Å². The largest absolute Gasteiger partial charge is 0.359 e. The van der Waals surface area contributed by atoms with E-state index in [2.05, 4.69) is 30.5 Å². The smallest absolute Gasteiger partial charge is 0.256 e. The molecule has 1 aliphatic heterocycles. The molecule has 1 saturated heterocycles. The first-order valence-corrected chi connectivity index (χ1v) is 8.32. The van der Waals surface area contributed by atoms with E-state index in [0.29, 0.717) is 6.04 Å². The summed E-state index contributed by atoms with van der Waals surface area (Å²) in [6.45, 7) is 11.1. The Labute approximate surface area is 137 Å². The lowest BCUT2D eigenvalue weighted by atomic mass is 10.1. The maximum atomic E-state index is 13.1. The SMILES string of the molecule is Cc1cc(C2CCCN2C(=O)c2cc(C)n(C(C)C)c2C)on1. The lowest BCUT2D eigenvalue weighted by molar-refractivity contribution is 0.0713. The molecule has 0 saturated carbocycles. The Balaban J connectivity index is 1.92. The minimum absolute atomic E-state index is 0.00538. The molecule has 124 valence electrons. The fourth-order valence-corrected chi connectivity index (χ4v) is 3.79. The molecular weight excluding hydrogens is 290 g/mol. The number of rotatable bonds is 3. The number of amides is 1. The molecule has 23 heavy (non-hydrogen) atoms. The molecule has 2 aromatic heterocycles. The van der Waals surface area contributed by atoms with Crippen LogP contribution in [-0.4, -0.2) is 27.1 Å². The molecule has 5 nitrogen and oxygen atoms in total. The van der Waals surface area contributed by atoms with Crippen molar-refractivity contribution in [3.63, 3.8) is 0 Å². The van der Waals surface area contributed by atoms with Crippen LogP contribution in [0.3, 0.4) is 0 Å². The van der Waals surface area contributed by atoms with Crippen LogP contribution in [0.15, 0.2) is 16.7 Å². The van der Waals surface area contributed by atoms with Gasteiger partial charge < -0.3 is 14.0 Å². The first-order valence-electron chi connectivity index (χ1n) is 8.32. The first-order chi connectivity index (χ1) is 10.9. The van der Waals surface area contributed by atoms with Crippen LogP contribution in [-0.2, 0) is 0 Å². The molecule has 0 aromatic carbocycles. The summed E-state index contributed by atoms with van der Waals surface area (Å²) in [7, 11) is 0. The zero-order valence-corrected chi connectivity index (χ0v) is 14.6. The standard InChI is InChI=1S/C18H25N3O2/c1-11(2)21-13(4)10-15(14(21)5)18(22)20-8-6-7-16(20)17-9-12(3)19-23-17/h9-11,16H,6-8H2,1-5H3. The average molecular weight is 315 g/mol. The highest BCUT2D eigenvalue weighted by Gasteiger charge is 2.34. The third kappa shape index (κ3) is 2.69. The van der Waals surface area contributed by atoms with Crippen molar-refractivity contribution in [2.24, 2.45) is 0 Å². The highest BCUT2D eigenvalue weighted by molar-refractivity contribution is 5.96. The highest BCUT2D eigenvalue weighted by Crippen LogP contribution is 2.34. The number of nitrogens with zero attached hydrogens (tertiary/aromatic N) is 3. The molecule has 1 atom stereocenters. The van der Waals surface area contributed by atoms with Gasteiger partial charge in [-0.25, -0.2) is 0 Å². The molecule has 0 aliphatic carbocycles. The minimum Gasteiger partial charge on any atom is -0.359 e. The first kappa shape index (κ1) is 15.8. The van der Waals surface area contributed by atoms with Crippen molar-refractivity contribution < 1.29 is 9.32 Å². The summed E-state index contributed by atoms with van der Waals surface area (Å²) in [5.74, 6) is 0.896. The molecule has 5 heteroatoms. The predicted octanol–water partition coefficient (Wildman–Crippen LogP) is 3.96. The normalized spacial score (nSPS) is 18.2. The zero-order chi connectivity index (χ0) is 16.7. The molecule has 0 bridgehead atoms. The van der Waals surface area contributed by atoms with E-state index in [1.54, 1.807) is 0 Å². The quantitative estimate of drug-likeness (QED) is 0.861. The summed E-state index contributed by atoms with van der Waals surface area (Å²) < 4.78 is 7.63. The second kappa shape index (κ2) is 5.87. The van der Waals surface area contributed by atoms with Crippen LogP contribution in [0.2, 0.25) is 0 Å². The summed E-state index contributed by atoms with van der Waals surface area (Å²) in [5, 5.41) is 3.97. The van der Waals surface area contributed by atoms with Crippen LogP contribution < -0.4 is 0 Å². The van der Waals surface area contributed by atoms with E-state index in [1.807, 2.05) is 30.9 Å². The minimum atomic E-state index is 0.00538. The van der Waals surface area contributed by atoms with E-state index in [-0.39, 0.29) is 11.9 Å². The number of aryl methyl sites for hydroxylation is 2. The van der Waals surface area contributed by atoms with Crippen molar-refractivity contribution in [1.29, 1.82) is 0 Å². The number of likely N-dealkylation sites (tertiary alicyclic amines) is 1. The lowest BCUT2D eigenvalue weighted by Crippen LogP contribution is -2.30. The molecule has 3 heterocycles. The summed E-state index contributed by atoms with van der Waals surface area (Å²) in [6.07, 6.45) is 1.93. The fourth-order valence-electron chi connectivity index (χ4n) is 3.79. The average Bonchev–Trinajstić information content (AvgIpc) is 3.16. The predicted molar refractivity (Wildman–Crippen MR) is 88.5 cm³/mol. The van der Waals surface area contributed by atoms with Crippen molar-refractivity contribution in [2.75, 3.05) is 6.54 Å². The van der Waals surface area contributed by atoms with Crippen LogP contribution in [0.25, 0.3) is 0 Å². The molecule has 2 aromatic rings. The van der Waals surface area contributed by atoms with Crippen molar-refractivity contribution in [3.8, 4) is 0 Å². The Bertz CT molecular complexity index is 727. The van der Waals surface area contributed by atoms with Gasteiger partial charge in [0.05, 0.1) is 17.3 Å². The lowest BCUT2D eigenvalue weighted by Gasteiger charge is -2.23. The fraction of sp³-hybridized carbons (Fsp3) is 0.556. The topological polar surface area (TPSA) is 51.3 Å². The van der Waals surface area contributed by atoms with Crippen molar-refractivity contribution in [3.05, 3.63) is 40.5 Å². The van der Waals surface area contributed by atoms with Crippen molar-refractivity contribution >= 4 is 5.91 Å². The summed E-state index contributed by atoms with van der Waals surface area (Å²) in [4.78, 5) is 15.0. The van der Waals surface area contributed by atoms with Gasteiger partial charge in [0, 0.05) is 30.0 Å². The van der Waals surface area contributed by atoms with Gasteiger partial charge in [-0.15, -0.1) is 0 Å². The van der Waals surface area contributed by atoms with Crippen molar-refractivity contribution in [2.45, 2.75) is 59.5 Å². The van der Waals surface area contributed by atoms with E-state index < -0.39 is 0 Å². The molecule has 0 radical (unpaired) electrons. The Morgan fingerprint density at radius 1 is 1.30 bits per heavy atom. The number of carbonyl (C=O) groups is 1. The van der Waals surface area contributed by atoms with E-state index in [1.165, 1.54) is 0 Å². The number of aromatic nitrogens is 2. The molecule has 1 unspecified atom stereocenters. The van der Waals surface area contributed by atoms with Crippen LogP contribution in [0, 0.1) is 20.8 Å². The Kier molecular flexibility index (Phi) is 4.04. The zero-order valence-electron chi connectivity index (χ0n) is 14.6. The molecular formula is C18H25N3O2. The van der Waals surface area contributed by atoms with Gasteiger partial charge in [0.1, 0.15) is 0 Å². The van der Waals surface area contributed by atoms with E-state index in [9.17, 15) is 4.79 Å². The Morgan fingerprint density at radius 2 is 2.04 bits per heavy atom. The van der Waals surface area contributed by atoms with Gasteiger partial charge in [0.25, 0.3) is 5.91 Å². The third-order valence-corrected chi connectivity index (χ3v) is 4.72. The van der Waals surface area contributed by atoms with E-state index in [4.69, 9.17) is 4.52 Å². The maximum Gasteiger partial charge on any atom is 0.256 e. The highest BCUT2D eigenvalue weighted by atomic mass is 16.5. The van der Waals surface area contributed by atoms with Crippen LogP contribution in [0.4, 0.5) is 0 Å². The van der Waals surface area contributed by atoms with Crippen LogP contribution in [0.5, 0.6) is 0 Å². The number of hydrogen-bond acceptors (Lipinski definition) is 3. The second-order valence-electron chi connectivity index (χ2n) is 6.78. The van der Waals surface area contributed by atoms with Gasteiger partial charge in [-0.05, 0) is 53.5 Å². The van der Waals surface area contributed by atoms with Crippen LogP contribution >= 0.6 is 0 Å². The molecule has 3 rings (SSSR count). The molecule has 0 N–H and O–H groups in total. The van der Waals surface area contributed by atoms with Gasteiger partial charge in [-0.3, -0.25) is 4.79 Å². The van der Waals surface area contributed by atoms with Gasteiger partial charge in [0.2, 0.25) is 0 Å². The van der Waals surface area contributed by atoms with Crippen molar-refractivity contribution in [1.82, 2.24) is 14.6 Å². The molecule has 0 spiro atoms. The van der Waals surface area contributed by atoms with Gasteiger partial charge in [0.15, 0.2) is 5.76 Å². The summed E-state index contributed by atoms with van der Waals surface area (Å²) >= 11 is 0. The summed E-state index contributed by atoms with van der Waals surface area (Å²) in [5.41, 5.74) is 3.84. The second-order valence-corrected chi connectivity index (χ2v) is 6.78. The molecule has 1 amide bonds. The monoisotopic (exact) mass is 315 g/mol. The Morgan fingerprint density at radius 3 is 2.61 bits per heavy atom. The van der Waals surface area contributed by atoms with Gasteiger partial charge in [-0.1, -0.05) is 5.16 Å². The van der Waals surface area contributed by atoms with Gasteiger partial charge >= 0.3 is 0 Å².